The van der Waals surface area contributed by atoms with Crippen LogP contribution in [0, 0.1) is 23.2 Å². The molecule has 4 fully saturated rings. The molecule has 3 nitrogen and oxygen atoms in total. The fourth-order valence-corrected chi connectivity index (χ4v) is 5.55. The average Bonchev–Trinajstić information content (AvgIpc) is 2.72. The molecule has 0 heterocycles. The van der Waals surface area contributed by atoms with Crippen LogP contribution in [-0.4, -0.2) is 12.6 Å². The zero-order chi connectivity index (χ0) is 15.0. The second kappa shape index (κ2) is 5.60. The first-order valence-electron chi connectivity index (χ1n) is 8.81. The summed E-state index contributed by atoms with van der Waals surface area (Å²) in [6, 6.07) is 9.64. The molecule has 4 saturated carbocycles. The van der Waals surface area contributed by atoms with E-state index in [-0.39, 0.29) is 6.03 Å². The van der Waals surface area contributed by atoms with Crippen LogP contribution in [0.25, 0.3) is 0 Å². The van der Waals surface area contributed by atoms with Crippen LogP contribution in [0.2, 0.25) is 0 Å². The Morgan fingerprint density at radius 3 is 2.32 bits per heavy atom. The summed E-state index contributed by atoms with van der Waals surface area (Å²) in [7, 11) is 0. The molecule has 4 aliphatic carbocycles. The van der Waals surface area contributed by atoms with Gasteiger partial charge in [-0.3, -0.25) is 0 Å². The Kier molecular flexibility index (Phi) is 3.59. The summed E-state index contributed by atoms with van der Waals surface area (Å²) in [5, 5.41) is 6.11. The molecule has 0 saturated heterocycles. The molecule has 22 heavy (non-hydrogen) atoms. The number of carbonyl (C=O) groups is 1. The summed E-state index contributed by atoms with van der Waals surface area (Å²) in [5.74, 6) is 2.77. The van der Waals surface area contributed by atoms with E-state index >= 15 is 0 Å². The summed E-state index contributed by atoms with van der Waals surface area (Å²) in [6.45, 7) is 0.856. The lowest BCUT2D eigenvalue weighted by Crippen LogP contribution is -2.46. The number of anilines is 1. The van der Waals surface area contributed by atoms with Crippen LogP contribution < -0.4 is 10.6 Å². The maximum atomic E-state index is 12.2. The smallest absolute Gasteiger partial charge is 0.319 e. The number of carbonyl (C=O) groups excluding carboxylic acids is 1. The SMILES string of the molecule is O=C(NCC12CC3CCC(CC(C3)C1)C2)Nc1ccccc1. The van der Waals surface area contributed by atoms with Gasteiger partial charge in [-0.15, -0.1) is 0 Å². The fraction of sp³-hybridized carbons (Fsp3) is 0.632. The van der Waals surface area contributed by atoms with Gasteiger partial charge in [0.1, 0.15) is 0 Å². The predicted molar refractivity (Wildman–Crippen MR) is 88.7 cm³/mol. The minimum absolute atomic E-state index is 0.0550. The summed E-state index contributed by atoms with van der Waals surface area (Å²) in [4.78, 5) is 12.2. The second-order valence-electron chi connectivity index (χ2n) is 7.93. The monoisotopic (exact) mass is 298 g/mol. The molecule has 2 N–H and O–H groups in total. The molecule has 1 aromatic rings. The maximum Gasteiger partial charge on any atom is 0.319 e. The van der Waals surface area contributed by atoms with Gasteiger partial charge in [0.15, 0.2) is 0 Å². The van der Waals surface area contributed by atoms with Crippen LogP contribution in [0.15, 0.2) is 30.3 Å². The predicted octanol–water partition coefficient (Wildman–Crippen LogP) is 4.41. The third-order valence-corrected chi connectivity index (χ3v) is 6.14. The third-order valence-electron chi connectivity index (χ3n) is 6.14. The van der Waals surface area contributed by atoms with Crippen LogP contribution >= 0.6 is 0 Å². The second-order valence-corrected chi connectivity index (χ2v) is 7.93. The van der Waals surface area contributed by atoms with E-state index in [9.17, 15) is 4.79 Å². The van der Waals surface area contributed by atoms with E-state index in [0.717, 1.165) is 30.0 Å². The van der Waals surface area contributed by atoms with Crippen LogP contribution in [0.3, 0.4) is 0 Å². The van der Waals surface area contributed by atoms with Crippen molar-refractivity contribution in [3.63, 3.8) is 0 Å². The molecule has 2 amide bonds. The number of nitrogens with one attached hydrogen (secondary N) is 2. The first-order valence-corrected chi connectivity index (χ1v) is 8.81. The van der Waals surface area contributed by atoms with Gasteiger partial charge in [-0.1, -0.05) is 31.0 Å². The fourth-order valence-electron chi connectivity index (χ4n) is 5.55. The molecular weight excluding hydrogens is 272 g/mol. The molecule has 0 spiro atoms. The van der Waals surface area contributed by atoms with Crippen molar-refractivity contribution in [2.75, 3.05) is 11.9 Å². The molecule has 0 aliphatic heterocycles. The highest BCUT2D eigenvalue weighted by Crippen LogP contribution is 2.57. The topological polar surface area (TPSA) is 41.1 Å². The van der Waals surface area contributed by atoms with E-state index < -0.39 is 0 Å². The zero-order valence-corrected chi connectivity index (χ0v) is 13.2. The molecule has 2 atom stereocenters. The van der Waals surface area contributed by atoms with Gasteiger partial charge in [0, 0.05) is 12.2 Å². The highest BCUT2D eigenvalue weighted by molar-refractivity contribution is 5.89. The number of fused-ring (bicyclic) bond motifs is 1. The molecule has 0 radical (unpaired) electrons. The minimum Gasteiger partial charge on any atom is -0.337 e. The lowest BCUT2D eigenvalue weighted by molar-refractivity contribution is 0.0373. The molecule has 118 valence electrons. The Hall–Kier alpha value is -1.51. The molecule has 4 bridgehead atoms. The number of amides is 2. The molecule has 3 heteroatoms. The molecule has 0 aromatic heterocycles. The normalized spacial score (nSPS) is 35.9. The van der Waals surface area contributed by atoms with Gasteiger partial charge in [-0.2, -0.15) is 0 Å². The number of rotatable bonds is 3. The van der Waals surface area contributed by atoms with Gasteiger partial charge in [-0.25, -0.2) is 4.79 Å². The van der Waals surface area contributed by atoms with Gasteiger partial charge in [0.05, 0.1) is 0 Å². The van der Waals surface area contributed by atoms with E-state index in [2.05, 4.69) is 10.6 Å². The third kappa shape index (κ3) is 2.86. The maximum absolute atomic E-state index is 12.2. The van der Waals surface area contributed by atoms with Gasteiger partial charge < -0.3 is 10.6 Å². The van der Waals surface area contributed by atoms with Crippen molar-refractivity contribution in [2.24, 2.45) is 23.2 Å². The zero-order valence-electron chi connectivity index (χ0n) is 13.2. The lowest BCUT2D eigenvalue weighted by Gasteiger charge is -2.48. The largest absolute Gasteiger partial charge is 0.337 e. The van der Waals surface area contributed by atoms with Crippen LogP contribution in [0.5, 0.6) is 0 Å². The molecule has 5 rings (SSSR count). The van der Waals surface area contributed by atoms with Crippen molar-refractivity contribution in [2.45, 2.75) is 44.9 Å². The first-order chi connectivity index (χ1) is 10.7. The van der Waals surface area contributed by atoms with Crippen LogP contribution in [0.1, 0.15) is 44.9 Å². The van der Waals surface area contributed by atoms with Crippen molar-refractivity contribution in [1.29, 1.82) is 0 Å². The van der Waals surface area contributed by atoms with E-state index in [1.807, 2.05) is 30.3 Å². The van der Waals surface area contributed by atoms with Crippen molar-refractivity contribution < 1.29 is 4.79 Å². The Bertz CT molecular complexity index is 526. The summed E-state index contributed by atoms with van der Waals surface area (Å²) >= 11 is 0. The van der Waals surface area contributed by atoms with E-state index in [4.69, 9.17) is 0 Å². The molecule has 1 aromatic carbocycles. The number of para-hydroxylation sites is 1. The summed E-state index contributed by atoms with van der Waals surface area (Å²) < 4.78 is 0. The van der Waals surface area contributed by atoms with E-state index in [1.54, 1.807) is 0 Å². The number of hydrogen-bond acceptors (Lipinski definition) is 1. The van der Waals surface area contributed by atoms with Crippen molar-refractivity contribution >= 4 is 11.7 Å². The lowest BCUT2D eigenvalue weighted by atomic mass is 9.58. The summed E-state index contributed by atoms with van der Waals surface area (Å²) in [5.41, 5.74) is 1.25. The van der Waals surface area contributed by atoms with Gasteiger partial charge >= 0.3 is 6.03 Å². The standard InChI is InChI=1S/C19H26N2O/c22-18(21-17-4-2-1-3-5-17)20-13-19-10-14-6-7-15(11-19)9-16(8-14)12-19/h1-5,14-16H,6-13H2,(H2,20,21,22). The highest BCUT2D eigenvalue weighted by atomic mass is 16.2. The molecular formula is C19H26N2O. The van der Waals surface area contributed by atoms with Crippen molar-refractivity contribution in [1.82, 2.24) is 5.32 Å². The van der Waals surface area contributed by atoms with E-state index in [0.29, 0.717) is 5.41 Å². The Labute approximate surface area is 132 Å². The summed E-state index contributed by atoms with van der Waals surface area (Å²) in [6.07, 6.45) is 9.78. The van der Waals surface area contributed by atoms with Crippen LogP contribution in [0.4, 0.5) is 10.5 Å². The average molecular weight is 298 g/mol. The molecule has 2 unspecified atom stereocenters. The van der Waals surface area contributed by atoms with Crippen molar-refractivity contribution in [3.8, 4) is 0 Å². The quantitative estimate of drug-likeness (QED) is 0.852. The number of urea groups is 1. The van der Waals surface area contributed by atoms with Crippen molar-refractivity contribution in [3.05, 3.63) is 30.3 Å². The van der Waals surface area contributed by atoms with Gasteiger partial charge in [0.25, 0.3) is 0 Å². The molecule has 4 aliphatic rings. The highest BCUT2D eigenvalue weighted by Gasteiger charge is 2.48. The minimum atomic E-state index is -0.0550. The Morgan fingerprint density at radius 1 is 1.00 bits per heavy atom. The number of benzene rings is 1. The number of hydrogen-bond donors (Lipinski definition) is 2. The van der Waals surface area contributed by atoms with Crippen LogP contribution in [-0.2, 0) is 0 Å². The van der Waals surface area contributed by atoms with E-state index in [1.165, 1.54) is 44.9 Å². The first kappa shape index (κ1) is 14.1. The van der Waals surface area contributed by atoms with Gasteiger partial charge in [-0.05, 0) is 67.4 Å². The Morgan fingerprint density at radius 2 is 1.64 bits per heavy atom. The Balaban J connectivity index is 1.38. The van der Waals surface area contributed by atoms with Gasteiger partial charge in [0.2, 0.25) is 0 Å².